The summed E-state index contributed by atoms with van der Waals surface area (Å²) in [6, 6.07) is 6.51. The highest BCUT2D eigenvalue weighted by Crippen LogP contribution is 2.26. The number of rotatable bonds is 2. The van der Waals surface area contributed by atoms with E-state index in [0.717, 1.165) is 26.5 Å². The van der Waals surface area contributed by atoms with Gasteiger partial charge in [-0.05, 0) is 50.7 Å². The van der Waals surface area contributed by atoms with Crippen molar-refractivity contribution < 1.29 is 0 Å². The van der Waals surface area contributed by atoms with Crippen LogP contribution in [0.5, 0.6) is 0 Å². The average Bonchev–Trinajstić information content (AvgIpc) is 2.91. The lowest BCUT2D eigenvalue weighted by atomic mass is 10.2. The molecule has 1 N–H and O–H groups in total. The summed E-state index contributed by atoms with van der Waals surface area (Å²) in [5.41, 5.74) is 4.52. The van der Waals surface area contributed by atoms with Gasteiger partial charge in [-0.3, -0.25) is 0 Å². The second kappa shape index (κ2) is 4.58. The predicted octanol–water partition coefficient (Wildman–Crippen LogP) is 4.38. The normalized spacial score (nSPS) is 13.0. The molecule has 0 amide bonds. The van der Waals surface area contributed by atoms with Crippen LogP contribution in [0.3, 0.4) is 0 Å². The summed E-state index contributed by atoms with van der Waals surface area (Å²) in [6.45, 7) is 6.24. The lowest BCUT2D eigenvalue weighted by Crippen LogP contribution is -2.06. The third-order valence-corrected chi connectivity index (χ3v) is 4.69. The molecular formula is C14H15N3S2. The monoisotopic (exact) mass is 289 g/mol. The Bertz CT molecular complexity index is 794. The molecule has 0 aliphatic heterocycles. The highest BCUT2D eigenvalue weighted by atomic mass is 32.1. The van der Waals surface area contributed by atoms with Crippen molar-refractivity contribution in [2.45, 2.75) is 26.8 Å². The van der Waals surface area contributed by atoms with Crippen LogP contribution in [0.15, 0.2) is 23.6 Å². The van der Waals surface area contributed by atoms with Gasteiger partial charge in [-0.1, -0.05) is 6.07 Å². The Hall–Kier alpha value is -1.46. The van der Waals surface area contributed by atoms with Gasteiger partial charge in [-0.2, -0.15) is 0 Å². The van der Waals surface area contributed by atoms with Crippen LogP contribution >= 0.6 is 23.6 Å². The molecule has 98 valence electrons. The Balaban J connectivity index is 2.19. The molecule has 0 radical (unpaired) electrons. The van der Waals surface area contributed by atoms with Crippen LogP contribution in [-0.2, 0) is 0 Å². The summed E-state index contributed by atoms with van der Waals surface area (Å²) in [7, 11) is 0. The molecule has 3 aromatic rings. The number of nitrogens with zero attached hydrogens (tertiary/aromatic N) is 2. The number of fused-ring (bicyclic) bond motifs is 1. The van der Waals surface area contributed by atoms with Crippen molar-refractivity contribution >= 4 is 34.6 Å². The Morgan fingerprint density at radius 3 is 2.84 bits per heavy atom. The Morgan fingerprint density at radius 1 is 1.37 bits per heavy atom. The van der Waals surface area contributed by atoms with Gasteiger partial charge in [0.05, 0.1) is 17.1 Å². The number of nitrogens with one attached hydrogen (secondary N) is 1. The Kier molecular flexibility index (Phi) is 3.03. The van der Waals surface area contributed by atoms with Gasteiger partial charge in [-0.25, -0.2) is 4.98 Å². The van der Waals surface area contributed by atoms with Crippen molar-refractivity contribution in [3.8, 4) is 0 Å². The second-order valence-corrected chi connectivity index (χ2v) is 6.10. The third-order valence-electron chi connectivity index (χ3n) is 3.25. The fraction of sp³-hybridized carbons (Fsp3) is 0.286. The van der Waals surface area contributed by atoms with E-state index in [9.17, 15) is 0 Å². The quantitative estimate of drug-likeness (QED) is 0.710. The first-order valence-electron chi connectivity index (χ1n) is 6.19. The first-order valence-corrected chi connectivity index (χ1v) is 7.48. The first-order chi connectivity index (χ1) is 9.06. The highest BCUT2D eigenvalue weighted by Gasteiger charge is 2.15. The largest absolute Gasteiger partial charge is 0.331 e. The number of hydrogen-bond acceptors (Lipinski definition) is 3. The van der Waals surface area contributed by atoms with E-state index in [2.05, 4.69) is 52.0 Å². The van der Waals surface area contributed by atoms with E-state index in [1.54, 1.807) is 11.3 Å². The standard InChI is InChI=1S/C14H15N3S2/c1-8-4-5-12-11(6-8)16-14(18)17(12)10(3)13-15-9(2)7-19-13/h4-7,10H,1-3H3,(H,16,18). The molecule has 0 fully saturated rings. The summed E-state index contributed by atoms with van der Waals surface area (Å²) in [5, 5.41) is 3.17. The van der Waals surface area contributed by atoms with Gasteiger partial charge in [0.25, 0.3) is 0 Å². The maximum absolute atomic E-state index is 5.46. The van der Waals surface area contributed by atoms with Crippen LogP contribution in [0.4, 0.5) is 0 Å². The maximum atomic E-state index is 5.46. The minimum Gasteiger partial charge on any atom is -0.331 e. The predicted molar refractivity (Wildman–Crippen MR) is 82.5 cm³/mol. The van der Waals surface area contributed by atoms with E-state index >= 15 is 0 Å². The van der Waals surface area contributed by atoms with Gasteiger partial charge in [0.1, 0.15) is 5.01 Å². The van der Waals surface area contributed by atoms with Crippen molar-refractivity contribution in [3.63, 3.8) is 0 Å². The smallest absolute Gasteiger partial charge is 0.178 e. The van der Waals surface area contributed by atoms with Crippen LogP contribution in [0.2, 0.25) is 0 Å². The molecule has 0 spiro atoms. The van der Waals surface area contributed by atoms with Crippen molar-refractivity contribution in [2.24, 2.45) is 0 Å². The molecule has 2 heterocycles. The van der Waals surface area contributed by atoms with Crippen molar-refractivity contribution in [1.82, 2.24) is 14.5 Å². The summed E-state index contributed by atoms with van der Waals surface area (Å²) >= 11 is 7.15. The second-order valence-electron chi connectivity index (χ2n) is 4.82. The van der Waals surface area contributed by atoms with Crippen LogP contribution in [0.25, 0.3) is 11.0 Å². The van der Waals surface area contributed by atoms with Crippen LogP contribution < -0.4 is 0 Å². The van der Waals surface area contributed by atoms with E-state index in [1.807, 2.05) is 6.92 Å². The molecule has 1 aromatic carbocycles. The minimum atomic E-state index is 0.155. The lowest BCUT2D eigenvalue weighted by Gasteiger charge is -2.11. The first kappa shape index (κ1) is 12.6. The topological polar surface area (TPSA) is 33.6 Å². The third kappa shape index (κ3) is 2.13. The van der Waals surface area contributed by atoms with Crippen molar-refractivity contribution in [1.29, 1.82) is 0 Å². The zero-order valence-electron chi connectivity index (χ0n) is 11.1. The minimum absolute atomic E-state index is 0.155. The van der Waals surface area contributed by atoms with Gasteiger partial charge < -0.3 is 9.55 Å². The number of aromatic amines is 1. The molecule has 1 unspecified atom stereocenters. The number of aryl methyl sites for hydroxylation is 2. The van der Waals surface area contributed by atoms with Gasteiger partial charge in [0.15, 0.2) is 4.77 Å². The highest BCUT2D eigenvalue weighted by molar-refractivity contribution is 7.71. The van der Waals surface area contributed by atoms with E-state index < -0.39 is 0 Å². The molecular weight excluding hydrogens is 274 g/mol. The molecule has 0 aliphatic rings. The van der Waals surface area contributed by atoms with E-state index in [1.165, 1.54) is 5.56 Å². The molecule has 19 heavy (non-hydrogen) atoms. The fourth-order valence-corrected chi connectivity index (χ4v) is 3.51. The molecule has 0 saturated carbocycles. The zero-order valence-corrected chi connectivity index (χ0v) is 12.7. The van der Waals surface area contributed by atoms with E-state index in [0.29, 0.717) is 0 Å². The van der Waals surface area contributed by atoms with Gasteiger partial charge in [-0.15, -0.1) is 11.3 Å². The molecule has 0 saturated heterocycles. The van der Waals surface area contributed by atoms with Crippen molar-refractivity contribution in [3.05, 3.63) is 44.6 Å². The summed E-state index contributed by atoms with van der Waals surface area (Å²) in [6.07, 6.45) is 0. The maximum Gasteiger partial charge on any atom is 0.178 e. The number of aromatic nitrogens is 3. The summed E-state index contributed by atoms with van der Waals surface area (Å²) in [5.74, 6) is 0. The average molecular weight is 289 g/mol. The molecule has 2 aromatic heterocycles. The lowest BCUT2D eigenvalue weighted by molar-refractivity contribution is 0.643. The molecule has 3 rings (SSSR count). The van der Waals surface area contributed by atoms with Crippen LogP contribution in [0.1, 0.15) is 29.2 Å². The summed E-state index contributed by atoms with van der Waals surface area (Å²) < 4.78 is 2.89. The van der Waals surface area contributed by atoms with Gasteiger partial charge in [0.2, 0.25) is 0 Å². The number of hydrogen-bond donors (Lipinski definition) is 1. The molecule has 3 nitrogen and oxygen atoms in total. The summed E-state index contributed by atoms with van der Waals surface area (Å²) in [4.78, 5) is 7.85. The zero-order chi connectivity index (χ0) is 13.6. The SMILES string of the molecule is Cc1ccc2c(c1)[nH]c(=S)n2C(C)c1nc(C)cs1. The van der Waals surface area contributed by atoms with Crippen LogP contribution in [-0.4, -0.2) is 14.5 Å². The number of thiazole rings is 1. The van der Waals surface area contributed by atoms with Gasteiger partial charge in [0, 0.05) is 11.1 Å². The van der Waals surface area contributed by atoms with E-state index in [4.69, 9.17) is 12.2 Å². The Labute approximate surface area is 120 Å². The molecule has 5 heteroatoms. The Morgan fingerprint density at radius 2 is 2.16 bits per heavy atom. The number of benzene rings is 1. The van der Waals surface area contributed by atoms with Crippen molar-refractivity contribution in [2.75, 3.05) is 0 Å². The molecule has 0 bridgehead atoms. The van der Waals surface area contributed by atoms with E-state index in [-0.39, 0.29) is 6.04 Å². The number of H-pyrrole nitrogens is 1. The fourth-order valence-electron chi connectivity index (χ4n) is 2.30. The number of imidazole rings is 1. The van der Waals surface area contributed by atoms with Gasteiger partial charge >= 0.3 is 0 Å². The van der Waals surface area contributed by atoms with Crippen LogP contribution in [0, 0.1) is 18.6 Å². The molecule has 1 atom stereocenters. The molecule has 0 aliphatic carbocycles.